The van der Waals surface area contributed by atoms with Gasteiger partial charge in [-0.2, -0.15) is 0 Å². The van der Waals surface area contributed by atoms with Crippen LogP contribution in [-0.2, 0) is 11.2 Å². The number of hydrogen-bond acceptors (Lipinski definition) is 3. The quantitative estimate of drug-likeness (QED) is 0.842. The molecular weight excluding hydrogens is 222 g/mol. The summed E-state index contributed by atoms with van der Waals surface area (Å²) >= 11 is 0. The number of rotatable bonds is 3. The van der Waals surface area contributed by atoms with Gasteiger partial charge in [0.15, 0.2) is 0 Å². The molecule has 0 saturated heterocycles. The molecular formula is C12H11NO4. The summed E-state index contributed by atoms with van der Waals surface area (Å²) in [6, 6.07) is 7.39. The topological polar surface area (TPSA) is 83.3 Å². The zero-order valence-corrected chi connectivity index (χ0v) is 9.19. The first-order chi connectivity index (χ1) is 8.08. The van der Waals surface area contributed by atoms with Gasteiger partial charge in [-0.05, 0) is 13.0 Å². The molecule has 0 fully saturated rings. The van der Waals surface area contributed by atoms with Gasteiger partial charge in [0.1, 0.15) is 0 Å². The lowest BCUT2D eigenvalue weighted by molar-refractivity contribution is -0.136. The zero-order valence-electron chi connectivity index (χ0n) is 9.19. The minimum absolute atomic E-state index is 0.142. The Kier molecular flexibility index (Phi) is 2.82. The minimum atomic E-state index is -1.06. The molecule has 0 amide bonds. The van der Waals surface area contributed by atoms with Gasteiger partial charge >= 0.3 is 11.6 Å². The summed E-state index contributed by atoms with van der Waals surface area (Å²) in [4.78, 5) is 22.0. The minimum Gasteiger partial charge on any atom is -0.481 e. The van der Waals surface area contributed by atoms with Crippen molar-refractivity contribution >= 4 is 5.97 Å². The number of benzene rings is 1. The second-order valence-electron chi connectivity index (χ2n) is 3.79. The first-order valence-electron chi connectivity index (χ1n) is 5.07. The van der Waals surface area contributed by atoms with Gasteiger partial charge in [-0.3, -0.25) is 4.79 Å². The van der Waals surface area contributed by atoms with Crippen LogP contribution in [0.15, 0.2) is 33.6 Å². The number of aromatic nitrogens is 1. The number of nitrogens with one attached hydrogen (secondary N) is 1. The molecule has 2 aromatic rings. The Morgan fingerprint density at radius 1 is 1.47 bits per heavy atom. The Balaban J connectivity index is 2.52. The third-order valence-electron chi connectivity index (χ3n) is 2.43. The number of carbonyl (C=O) groups is 1. The summed E-state index contributed by atoms with van der Waals surface area (Å²) in [5.41, 5.74) is 1.70. The van der Waals surface area contributed by atoms with Crippen LogP contribution in [0.25, 0.3) is 11.3 Å². The van der Waals surface area contributed by atoms with Gasteiger partial charge in [-0.15, -0.1) is 0 Å². The van der Waals surface area contributed by atoms with Crippen LogP contribution in [0.1, 0.15) is 11.1 Å². The molecule has 0 bridgehead atoms. The molecule has 88 valence electrons. The molecule has 0 spiro atoms. The highest BCUT2D eigenvalue weighted by atomic mass is 16.5. The van der Waals surface area contributed by atoms with Crippen LogP contribution in [0.4, 0.5) is 0 Å². The van der Waals surface area contributed by atoms with Crippen molar-refractivity contribution in [1.29, 1.82) is 0 Å². The number of aromatic amines is 1. The van der Waals surface area contributed by atoms with Gasteiger partial charge in [-0.25, -0.2) is 9.95 Å². The van der Waals surface area contributed by atoms with Crippen LogP contribution >= 0.6 is 0 Å². The van der Waals surface area contributed by atoms with Crippen LogP contribution in [0, 0.1) is 6.92 Å². The SMILES string of the molecule is Cc1cccc(-c2[nH]oc(=O)c2CC(=O)O)c1. The highest BCUT2D eigenvalue weighted by molar-refractivity contribution is 5.74. The molecule has 1 aromatic heterocycles. The molecule has 1 heterocycles. The lowest BCUT2D eigenvalue weighted by Gasteiger charge is -2.00. The molecule has 0 unspecified atom stereocenters. The number of aliphatic carboxylic acids is 1. The molecule has 0 radical (unpaired) electrons. The zero-order chi connectivity index (χ0) is 12.4. The lowest BCUT2D eigenvalue weighted by atomic mass is 10.0. The van der Waals surface area contributed by atoms with E-state index < -0.39 is 11.6 Å². The molecule has 0 aliphatic carbocycles. The van der Waals surface area contributed by atoms with Crippen molar-refractivity contribution in [3.63, 3.8) is 0 Å². The Hall–Kier alpha value is -2.30. The molecule has 5 heteroatoms. The molecule has 0 aliphatic rings. The van der Waals surface area contributed by atoms with E-state index >= 15 is 0 Å². The lowest BCUT2D eigenvalue weighted by Crippen LogP contribution is -2.09. The summed E-state index contributed by atoms with van der Waals surface area (Å²) in [7, 11) is 0. The van der Waals surface area contributed by atoms with Crippen molar-refractivity contribution in [2.24, 2.45) is 0 Å². The van der Waals surface area contributed by atoms with E-state index in [4.69, 9.17) is 5.11 Å². The van der Waals surface area contributed by atoms with Gasteiger partial charge in [0.25, 0.3) is 0 Å². The predicted molar refractivity (Wildman–Crippen MR) is 60.8 cm³/mol. The third kappa shape index (κ3) is 2.28. The van der Waals surface area contributed by atoms with Crippen LogP contribution in [0.5, 0.6) is 0 Å². The van der Waals surface area contributed by atoms with Gasteiger partial charge in [0.2, 0.25) is 0 Å². The number of carboxylic acid groups (broad SMARTS) is 1. The van der Waals surface area contributed by atoms with E-state index in [0.717, 1.165) is 11.1 Å². The third-order valence-corrected chi connectivity index (χ3v) is 2.43. The Bertz CT molecular complexity index is 609. The first kappa shape index (κ1) is 11.2. The second kappa shape index (κ2) is 4.29. The summed E-state index contributed by atoms with van der Waals surface area (Å²) in [6.45, 7) is 1.92. The van der Waals surface area contributed by atoms with E-state index in [1.807, 2.05) is 25.1 Å². The highest BCUT2D eigenvalue weighted by Crippen LogP contribution is 2.20. The molecule has 17 heavy (non-hydrogen) atoms. The summed E-state index contributed by atoms with van der Waals surface area (Å²) < 4.78 is 4.65. The van der Waals surface area contributed by atoms with Gasteiger partial charge in [0.05, 0.1) is 17.7 Å². The average molecular weight is 233 g/mol. The van der Waals surface area contributed by atoms with E-state index in [9.17, 15) is 9.59 Å². The molecule has 0 aliphatic heterocycles. The van der Waals surface area contributed by atoms with Gasteiger partial charge < -0.3 is 9.63 Å². The van der Waals surface area contributed by atoms with Crippen LogP contribution < -0.4 is 5.63 Å². The predicted octanol–water partition coefficient (Wildman–Crippen LogP) is 1.57. The maximum Gasteiger partial charge on any atom is 0.361 e. The smallest absolute Gasteiger partial charge is 0.361 e. The standard InChI is InChI=1S/C12H11NO4/c1-7-3-2-4-8(5-7)11-9(6-10(14)15)12(16)17-13-11/h2-5,13H,6H2,1H3,(H,14,15). The molecule has 0 atom stereocenters. The Labute approximate surface area is 96.7 Å². The van der Waals surface area contributed by atoms with Crippen LogP contribution in [-0.4, -0.2) is 16.2 Å². The van der Waals surface area contributed by atoms with Crippen molar-refractivity contribution in [2.45, 2.75) is 13.3 Å². The molecule has 5 nitrogen and oxygen atoms in total. The van der Waals surface area contributed by atoms with Gasteiger partial charge in [0, 0.05) is 5.56 Å². The number of aryl methyl sites for hydroxylation is 1. The fourth-order valence-electron chi connectivity index (χ4n) is 1.67. The summed E-state index contributed by atoms with van der Waals surface area (Å²) in [5, 5.41) is 11.2. The average Bonchev–Trinajstić information content (AvgIpc) is 2.60. The Morgan fingerprint density at radius 2 is 2.24 bits per heavy atom. The molecule has 1 aromatic carbocycles. The fourth-order valence-corrected chi connectivity index (χ4v) is 1.67. The molecule has 0 saturated carbocycles. The normalized spacial score (nSPS) is 10.4. The maximum absolute atomic E-state index is 11.4. The van der Waals surface area contributed by atoms with Gasteiger partial charge in [-0.1, -0.05) is 23.8 Å². The number of carboxylic acids is 1. The van der Waals surface area contributed by atoms with Crippen molar-refractivity contribution in [1.82, 2.24) is 5.16 Å². The maximum atomic E-state index is 11.4. The van der Waals surface area contributed by atoms with Crippen LogP contribution in [0.2, 0.25) is 0 Å². The van der Waals surface area contributed by atoms with E-state index in [0.29, 0.717) is 5.69 Å². The van der Waals surface area contributed by atoms with Crippen molar-refractivity contribution < 1.29 is 14.4 Å². The van der Waals surface area contributed by atoms with Crippen molar-refractivity contribution in [2.75, 3.05) is 0 Å². The largest absolute Gasteiger partial charge is 0.481 e. The van der Waals surface area contributed by atoms with Crippen LogP contribution in [0.3, 0.4) is 0 Å². The Morgan fingerprint density at radius 3 is 2.88 bits per heavy atom. The van der Waals surface area contributed by atoms with E-state index in [-0.39, 0.29) is 12.0 Å². The highest BCUT2D eigenvalue weighted by Gasteiger charge is 2.16. The van der Waals surface area contributed by atoms with E-state index in [2.05, 4.69) is 9.68 Å². The van der Waals surface area contributed by atoms with E-state index in [1.54, 1.807) is 6.07 Å². The second-order valence-corrected chi connectivity index (χ2v) is 3.79. The van der Waals surface area contributed by atoms with Crippen molar-refractivity contribution in [3.8, 4) is 11.3 Å². The summed E-state index contributed by atoms with van der Waals surface area (Å²) in [6.07, 6.45) is -0.352. The fraction of sp³-hybridized carbons (Fsp3) is 0.167. The first-order valence-corrected chi connectivity index (χ1v) is 5.07. The van der Waals surface area contributed by atoms with E-state index in [1.165, 1.54) is 0 Å². The number of hydrogen-bond donors (Lipinski definition) is 2. The molecule has 2 rings (SSSR count). The summed E-state index contributed by atoms with van der Waals surface area (Å²) in [5.74, 6) is -1.06. The number of H-pyrrole nitrogens is 1. The monoisotopic (exact) mass is 233 g/mol. The molecule has 2 N–H and O–H groups in total. The van der Waals surface area contributed by atoms with Crippen molar-refractivity contribution in [3.05, 3.63) is 45.8 Å².